The number of allylic oxidation sites excluding steroid dienone is 1. The zero-order valence-electron chi connectivity index (χ0n) is 9.17. The second kappa shape index (κ2) is 5.91. The summed E-state index contributed by atoms with van der Waals surface area (Å²) in [6, 6.07) is 3.09. The summed E-state index contributed by atoms with van der Waals surface area (Å²) in [6.07, 6.45) is -1.06. The van der Waals surface area contributed by atoms with Crippen molar-refractivity contribution >= 4 is 23.6 Å². The minimum atomic E-state index is -4.69. The Balaban J connectivity index is 3.18. The number of rotatable bonds is 4. The average Bonchev–Trinajstić information content (AvgIpc) is 2.28. The highest BCUT2D eigenvalue weighted by Crippen LogP contribution is 2.33. The summed E-state index contributed by atoms with van der Waals surface area (Å²) in [5, 5.41) is 8.70. The number of carboxylic acid groups (broad SMARTS) is 1. The van der Waals surface area contributed by atoms with Gasteiger partial charge in [-0.25, -0.2) is 4.79 Å². The van der Waals surface area contributed by atoms with Crippen LogP contribution in [0.2, 0.25) is 0 Å². The average molecular weight is 279 g/mol. The van der Waals surface area contributed by atoms with Crippen LogP contribution >= 0.6 is 11.6 Å². The molecule has 2 nitrogen and oxygen atoms in total. The molecule has 0 spiro atoms. The predicted octanol–water partition coefficient (Wildman–Crippen LogP) is 4.05. The predicted molar refractivity (Wildman–Crippen MR) is 62.8 cm³/mol. The molecule has 1 aromatic carbocycles. The quantitative estimate of drug-likeness (QED) is 0.844. The van der Waals surface area contributed by atoms with E-state index in [1.807, 2.05) is 0 Å². The maximum Gasteiger partial charge on any atom is 0.417 e. The molecule has 0 saturated heterocycles. The molecule has 98 valence electrons. The Morgan fingerprint density at radius 1 is 1.39 bits per heavy atom. The maximum atomic E-state index is 12.7. The molecule has 0 aliphatic rings. The highest BCUT2D eigenvalue weighted by molar-refractivity contribution is 6.17. The fourth-order valence-electron chi connectivity index (χ4n) is 1.37. The summed E-state index contributed by atoms with van der Waals surface area (Å²) in [5.41, 5.74) is -1.61. The Bertz CT molecular complexity index is 467. The summed E-state index contributed by atoms with van der Waals surface area (Å²) in [5.74, 6) is -1.23. The van der Waals surface area contributed by atoms with Gasteiger partial charge >= 0.3 is 12.1 Å². The van der Waals surface area contributed by atoms with E-state index in [1.165, 1.54) is 12.1 Å². The molecule has 1 rings (SSSR count). The topological polar surface area (TPSA) is 37.3 Å². The summed E-state index contributed by atoms with van der Waals surface area (Å²) >= 11 is 5.43. The van der Waals surface area contributed by atoms with Crippen molar-refractivity contribution in [2.45, 2.75) is 12.6 Å². The molecular weight excluding hydrogens is 269 g/mol. The van der Waals surface area contributed by atoms with E-state index in [9.17, 15) is 18.0 Å². The number of halogens is 4. The largest absolute Gasteiger partial charge is 0.478 e. The third-order valence-corrected chi connectivity index (χ3v) is 2.38. The van der Waals surface area contributed by atoms with Gasteiger partial charge in [-0.2, -0.15) is 13.2 Å². The van der Waals surface area contributed by atoms with Crippen LogP contribution in [0.15, 0.2) is 24.3 Å². The third kappa shape index (κ3) is 3.77. The summed E-state index contributed by atoms with van der Waals surface area (Å²) < 4.78 is 38.0. The molecule has 0 atom stereocenters. The van der Waals surface area contributed by atoms with Crippen LogP contribution in [0.1, 0.15) is 27.9 Å². The van der Waals surface area contributed by atoms with E-state index in [0.717, 1.165) is 12.1 Å². The standard InChI is InChI=1S/C12H10ClF3O2/c13-6-2-1-3-8-4-5-9(11(17)18)10(7-8)12(14,15)16/h1,3-5,7H,2,6H2,(H,17,18). The van der Waals surface area contributed by atoms with Gasteiger partial charge in [-0.3, -0.25) is 0 Å². The molecule has 0 aromatic heterocycles. The fraction of sp³-hybridized carbons (Fsp3) is 0.250. The molecule has 0 aliphatic carbocycles. The second-order valence-electron chi connectivity index (χ2n) is 3.49. The molecule has 0 amide bonds. The van der Waals surface area contributed by atoms with Gasteiger partial charge in [0.25, 0.3) is 0 Å². The van der Waals surface area contributed by atoms with Gasteiger partial charge in [0.15, 0.2) is 0 Å². The van der Waals surface area contributed by atoms with Crippen molar-refractivity contribution in [3.05, 3.63) is 41.0 Å². The SMILES string of the molecule is O=C(O)c1ccc(C=CCCCl)cc1C(F)(F)F. The van der Waals surface area contributed by atoms with Crippen molar-refractivity contribution in [2.24, 2.45) is 0 Å². The van der Waals surface area contributed by atoms with Crippen molar-refractivity contribution in [1.82, 2.24) is 0 Å². The van der Waals surface area contributed by atoms with Gasteiger partial charge in [-0.15, -0.1) is 11.6 Å². The van der Waals surface area contributed by atoms with Crippen LogP contribution < -0.4 is 0 Å². The molecule has 1 aromatic rings. The van der Waals surface area contributed by atoms with Crippen molar-refractivity contribution < 1.29 is 23.1 Å². The van der Waals surface area contributed by atoms with Crippen LogP contribution in [0.25, 0.3) is 6.08 Å². The Labute approximate surface area is 107 Å². The molecule has 0 bridgehead atoms. The van der Waals surface area contributed by atoms with E-state index in [0.29, 0.717) is 12.3 Å². The van der Waals surface area contributed by atoms with E-state index < -0.39 is 23.3 Å². The number of aromatic carboxylic acids is 1. The molecular formula is C12H10ClF3O2. The van der Waals surface area contributed by atoms with Gasteiger partial charge < -0.3 is 5.11 Å². The Hall–Kier alpha value is -1.49. The molecule has 0 heterocycles. The first kappa shape index (κ1) is 14.6. The number of hydrogen-bond donors (Lipinski definition) is 1. The van der Waals surface area contributed by atoms with Gasteiger partial charge in [0.1, 0.15) is 0 Å². The highest BCUT2D eigenvalue weighted by atomic mass is 35.5. The molecule has 1 N–H and O–H groups in total. The van der Waals surface area contributed by atoms with Crippen molar-refractivity contribution in [3.8, 4) is 0 Å². The maximum absolute atomic E-state index is 12.7. The number of carboxylic acids is 1. The summed E-state index contributed by atoms with van der Waals surface area (Å²) in [7, 11) is 0. The smallest absolute Gasteiger partial charge is 0.417 e. The van der Waals surface area contributed by atoms with Crippen molar-refractivity contribution in [2.75, 3.05) is 5.88 Å². The number of carbonyl (C=O) groups is 1. The Morgan fingerprint density at radius 3 is 2.56 bits per heavy atom. The van der Waals surface area contributed by atoms with Crippen LogP contribution in [0.3, 0.4) is 0 Å². The number of benzene rings is 1. The lowest BCUT2D eigenvalue weighted by Gasteiger charge is -2.10. The van der Waals surface area contributed by atoms with E-state index in [2.05, 4.69) is 0 Å². The van der Waals surface area contributed by atoms with Gasteiger partial charge in [-0.05, 0) is 24.1 Å². The molecule has 0 unspecified atom stereocenters. The minimum Gasteiger partial charge on any atom is -0.478 e. The van der Waals surface area contributed by atoms with Crippen molar-refractivity contribution in [3.63, 3.8) is 0 Å². The molecule has 0 fully saturated rings. The zero-order valence-corrected chi connectivity index (χ0v) is 9.92. The first-order valence-electron chi connectivity index (χ1n) is 5.03. The molecule has 18 heavy (non-hydrogen) atoms. The Kier molecular flexibility index (Phi) is 4.78. The van der Waals surface area contributed by atoms with Gasteiger partial charge in [0.05, 0.1) is 11.1 Å². The first-order valence-corrected chi connectivity index (χ1v) is 5.56. The lowest BCUT2D eigenvalue weighted by molar-refractivity contribution is -0.138. The number of hydrogen-bond acceptors (Lipinski definition) is 1. The lowest BCUT2D eigenvalue weighted by atomic mass is 10.0. The first-order chi connectivity index (χ1) is 8.36. The second-order valence-corrected chi connectivity index (χ2v) is 3.87. The van der Waals surface area contributed by atoms with Crippen LogP contribution in [-0.2, 0) is 6.18 Å². The van der Waals surface area contributed by atoms with E-state index in [-0.39, 0.29) is 5.56 Å². The van der Waals surface area contributed by atoms with E-state index in [1.54, 1.807) is 6.08 Å². The molecule has 0 aliphatic heterocycles. The normalized spacial score (nSPS) is 12.0. The summed E-state index contributed by atoms with van der Waals surface area (Å²) in [4.78, 5) is 10.7. The van der Waals surface area contributed by atoms with Crippen LogP contribution in [0, 0.1) is 0 Å². The Morgan fingerprint density at radius 2 is 2.06 bits per heavy atom. The van der Waals surface area contributed by atoms with Crippen LogP contribution in [0.4, 0.5) is 13.2 Å². The third-order valence-electron chi connectivity index (χ3n) is 2.17. The molecule has 6 heteroatoms. The zero-order chi connectivity index (χ0) is 13.8. The monoisotopic (exact) mass is 278 g/mol. The van der Waals surface area contributed by atoms with E-state index >= 15 is 0 Å². The number of alkyl halides is 4. The van der Waals surface area contributed by atoms with E-state index in [4.69, 9.17) is 16.7 Å². The van der Waals surface area contributed by atoms with Crippen LogP contribution in [0.5, 0.6) is 0 Å². The lowest BCUT2D eigenvalue weighted by Crippen LogP contribution is -2.13. The van der Waals surface area contributed by atoms with Gasteiger partial charge in [0, 0.05) is 5.88 Å². The summed E-state index contributed by atoms with van der Waals surface area (Å²) in [6.45, 7) is 0. The molecule has 0 radical (unpaired) electrons. The van der Waals surface area contributed by atoms with Gasteiger partial charge in [-0.1, -0.05) is 18.2 Å². The van der Waals surface area contributed by atoms with Crippen molar-refractivity contribution in [1.29, 1.82) is 0 Å². The molecule has 0 saturated carbocycles. The highest BCUT2D eigenvalue weighted by Gasteiger charge is 2.35. The fourth-order valence-corrected chi connectivity index (χ4v) is 1.49. The van der Waals surface area contributed by atoms with Crippen LogP contribution in [-0.4, -0.2) is 17.0 Å². The van der Waals surface area contributed by atoms with Gasteiger partial charge in [0.2, 0.25) is 0 Å². The minimum absolute atomic E-state index is 0.289.